The van der Waals surface area contributed by atoms with E-state index < -0.39 is 11.9 Å². The normalized spacial score (nSPS) is 23.6. The van der Waals surface area contributed by atoms with E-state index in [0.717, 1.165) is 24.5 Å². The highest BCUT2D eigenvalue weighted by Gasteiger charge is 2.31. The van der Waals surface area contributed by atoms with Gasteiger partial charge in [-0.3, -0.25) is 4.79 Å². The molecule has 1 aromatic heterocycles. The average molecular weight is 360 g/mol. The van der Waals surface area contributed by atoms with Crippen molar-refractivity contribution in [3.05, 3.63) is 23.9 Å². The lowest BCUT2D eigenvalue weighted by atomic mass is 9.91. The van der Waals surface area contributed by atoms with Crippen LogP contribution in [0.3, 0.4) is 0 Å². The Hall–Kier alpha value is -2.31. The van der Waals surface area contributed by atoms with Gasteiger partial charge in [0.2, 0.25) is 0 Å². The molecule has 2 fully saturated rings. The van der Waals surface area contributed by atoms with Gasteiger partial charge in [0.05, 0.1) is 5.92 Å². The van der Waals surface area contributed by atoms with Crippen molar-refractivity contribution >= 4 is 17.8 Å². The van der Waals surface area contributed by atoms with E-state index in [1.807, 2.05) is 25.3 Å². The highest BCUT2D eigenvalue weighted by atomic mass is 16.4. The average Bonchev–Trinajstić information content (AvgIpc) is 2.66. The SMILES string of the molecule is CC1CC(C(=O)O)CN(C(=O)NCc2ccc(N3CCCCC3)nc2)C1. The summed E-state index contributed by atoms with van der Waals surface area (Å²) in [5.74, 6) is -0.114. The van der Waals surface area contributed by atoms with Gasteiger partial charge in [0.1, 0.15) is 5.82 Å². The molecule has 2 N–H and O–H groups in total. The minimum Gasteiger partial charge on any atom is -0.481 e. The number of aliphatic carboxylic acids is 1. The van der Waals surface area contributed by atoms with E-state index in [2.05, 4.69) is 15.2 Å². The van der Waals surface area contributed by atoms with Crippen molar-refractivity contribution in [2.24, 2.45) is 11.8 Å². The van der Waals surface area contributed by atoms with E-state index in [9.17, 15) is 14.7 Å². The molecule has 2 aliphatic rings. The molecular weight excluding hydrogens is 332 g/mol. The molecule has 0 spiro atoms. The fraction of sp³-hybridized carbons (Fsp3) is 0.632. The Morgan fingerprint density at radius 2 is 2.00 bits per heavy atom. The number of carboxylic acids is 1. The Kier molecular flexibility index (Phi) is 5.96. The van der Waals surface area contributed by atoms with E-state index in [-0.39, 0.29) is 18.5 Å². The highest BCUT2D eigenvalue weighted by Crippen LogP contribution is 2.22. The van der Waals surface area contributed by atoms with Crippen molar-refractivity contribution < 1.29 is 14.7 Å². The van der Waals surface area contributed by atoms with Crippen molar-refractivity contribution in [1.82, 2.24) is 15.2 Å². The monoisotopic (exact) mass is 360 g/mol. The van der Waals surface area contributed by atoms with Gasteiger partial charge in [0.15, 0.2) is 0 Å². The molecule has 7 nitrogen and oxygen atoms in total. The molecule has 2 amide bonds. The molecule has 2 unspecified atom stereocenters. The number of amides is 2. The van der Waals surface area contributed by atoms with Gasteiger partial charge in [-0.1, -0.05) is 13.0 Å². The third-order valence-corrected chi connectivity index (χ3v) is 5.23. The largest absolute Gasteiger partial charge is 0.481 e. The summed E-state index contributed by atoms with van der Waals surface area (Å²) in [4.78, 5) is 32.1. The third kappa shape index (κ3) is 4.65. The summed E-state index contributed by atoms with van der Waals surface area (Å²) in [7, 11) is 0. The molecule has 142 valence electrons. The maximum absolute atomic E-state index is 12.4. The van der Waals surface area contributed by atoms with Crippen LogP contribution in [0.1, 0.15) is 38.2 Å². The first-order valence-electron chi connectivity index (χ1n) is 9.48. The zero-order valence-corrected chi connectivity index (χ0v) is 15.4. The summed E-state index contributed by atoms with van der Waals surface area (Å²) in [6.07, 6.45) is 6.15. The molecule has 26 heavy (non-hydrogen) atoms. The van der Waals surface area contributed by atoms with Crippen LogP contribution in [-0.4, -0.2) is 53.2 Å². The zero-order valence-electron chi connectivity index (χ0n) is 15.4. The van der Waals surface area contributed by atoms with Gasteiger partial charge in [-0.05, 0) is 43.2 Å². The molecule has 0 aromatic carbocycles. The second-order valence-corrected chi connectivity index (χ2v) is 7.51. The van der Waals surface area contributed by atoms with Gasteiger partial charge in [-0.15, -0.1) is 0 Å². The number of urea groups is 1. The van der Waals surface area contributed by atoms with Crippen molar-refractivity contribution in [3.63, 3.8) is 0 Å². The van der Waals surface area contributed by atoms with Crippen LogP contribution in [-0.2, 0) is 11.3 Å². The molecule has 0 aliphatic carbocycles. The van der Waals surface area contributed by atoms with E-state index in [0.29, 0.717) is 19.5 Å². The van der Waals surface area contributed by atoms with Crippen LogP contribution < -0.4 is 10.2 Å². The third-order valence-electron chi connectivity index (χ3n) is 5.23. The van der Waals surface area contributed by atoms with Crippen LogP contribution in [0.25, 0.3) is 0 Å². The number of pyridine rings is 1. The maximum atomic E-state index is 12.4. The Bertz CT molecular complexity index is 628. The first-order chi connectivity index (χ1) is 12.5. The molecule has 2 aliphatic heterocycles. The van der Waals surface area contributed by atoms with E-state index >= 15 is 0 Å². The smallest absolute Gasteiger partial charge is 0.317 e. The summed E-state index contributed by atoms with van der Waals surface area (Å²) < 4.78 is 0. The van der Waals surface area contributed by atoms with Gasteiger partial charge in [0.25, 0.3) is 0 Å². The van der Waals surface area contributed by atoms with Crippen LogP contribution >= 0.6 is 0 Å². The number of aromatic nitrogens is 1. The number of nitrogens with one attached hydrogen (secondary N) is 1. The lowest BCUT2D eigenvalue weighted by molar-refractivity contribution is -0.143. The fourth-order valence-corrected chi connectivity index (χ4v) is 3.82. The molecule has 3 heterocycles. The minimum absolute atomic E-state index is 0.195. The second kappa shape index (κ2) is 8.38. The molecule has 0 saturated carbocycles. The fourth-order valence-electron chi connectivity index (χ4n) is 3.82. The highest BCUT2D eigenvalue weighted by molar-refractivity contribution is 5.76. The van der Waals surface area contributed by atoms with Crippen LogP contribution in [0.2, 0.25) is 0 Å². The minimum atomic E-state index is -0.827. The van der Waals surface area contributed by atoms with Crippen LogP contribution in [0.4, 0.5) is 10.6 Å². The summed E-state index contributed by atoms with van der Waals surface area (Å²) in [6, 6.07) is 3.80. The summed E-state index contributed by atoms with van der Waals surface area (Å²) in [5.41, 5.74) is 0.943. The quantitative estimate of drug-likeness (QED) is 0.861. The van der Waals surface area contributed by atoms with Gasteiger partial charge in [-0.2, -0.15) is 0 Å². The molecule has 7 heteroatoms. The number of piperidine rings is 2. The Morgan fingerprint density at radius 3 is 2.65 bits per heavy atom. The number of nitrogens with zero attached hydrogens (tertiary/aromatic N) is 3. The molecule has 0 radical (unpaired) electrons. The zero-order chi connectivity index (χ0) is 18.5. The molecule has 0 bridgehead atoms. The molecule has 3 rings (SSSR count). The number of rotatable bonds is 4. The maximum Gasteiger partial charge on any atom is 0.317 e. The number of carbonyl (C=O) groups excluding carboxylic acids is 1. The molecular formula is C19H28N4O3. The van der Waals surface area contributed by atoms with Crippen molar-refractivity contribution in [1.29, 1.82) is 0 Å². The van der Waals surface area contributed by atoms with Gasteiger partial charge in [0, 0.05) is 38.9 Å². The number of carbonyl (C=O) groups is 2. The predicted octanol–water partition coefficient (Wildman–Crippen LogP) is 2.32. The van der Waals surface area contributed by atoms with Gasteiger partial charge in [-0.25, -0.2) is 9.78 Å². The lowest BCUT2D eigenvalue weighted by Crippen LogP contribution is -2.49. The molecule has 2 saturated heterocycles. The van der Waals surface area contributed by atoms with E-state index in [4.69, 9.17) is 0 Å². The lowest BCUT2D eigenvalue weighted by Gasteiger charge is -2.34. The van der Waals surface area contributed by atoms with Crippen LogP contribution in [0.15, 0.2) is 18.3 Å². The number of likely N-dealkylation sites (tertiary alicyclic amines) is 1. The Balaban J connectivity index is 1.51. The summed E-state index contributed by atoms with van der Waals surface area (Å²) in [6.45, 7) is 5.37. The van der Waals surface area contributed by atoms with Crippen molar-refractivity contribution in [2.75, 3.05) is 31.1 Å². The Labute approximate surface area is 154 Å². The first-order valence-corrected chi connectivity index (χ1v) is 9.48. The van der Waals surface area contributed by atoms with Crippen molar-refractivity contribution in [3.8, 4) is 0 Å². The summed E-state index contributed by atoms with van der Waals surface area (Å²) >= 11 is 0. The standard InChI is InChI=1S/C19H28N4O3/c1-14-9-16(18(24)25)13-23(12-14)19(26)21-11-15-5-6-17(20-10-15)22-7-3-2-4-8-22/h5-6,10,14,16H,2-4,7-9,11-13H2,1H3,(H,21,26)(H,24,25). The molecule has 1 aromatic rings. The first kappa shape index (κ1) is 18.5. The van der Waals surface area contributed by atoms with Gasteiger partial charge < -0.3 is 20.2 Å². The predicted molar refractivity (Wildman–Crippen MR) is 99.0 cm³/mol. The van der Waals surface area contributed by atoms with Crippen LogP contribution in [0.5, 0.6) is 0 Å². The molecule has 2 atom stereocenters. The number of anilines is 1. The summed E-state index contributed by atoms with van der Waals surface area (Å²) in [5, 5.41) is 12.1. The van der Waals surface area contributed by atoms with Crippen LogP contribution in [0, 0.1) is 11.8 Å². The number of carboxylic acid groups (broad SMARTS) is 1. The van der Waals surface area contributed by atoms with Crippen molar-refractivity contribution in [2.45, 2.75) is 39.2 Å². The van der Waals surface area contributed by atoms with E-state index in [1.54, 1.807) is 4.90 Å². The second-order valence-electron chi connectivity index (χ2n) is 7.51. The Morgan fingerprint density at radius 1 is 1.23 bits per heavy atom. The topological polar surface area (TPSA) is 85.8 Å². The number of hydrogen-bond acceptors (Lipinski definition) is 4. The van der Waals surface area contributed by atoms with E-state index in [1.165, 1.54) is 19.3 Å². The number of hydrogen-bond donors (Lipinski definition) is 2. The van der Waals surface area contributed by atoms with Gasteiger partial charge >= 0.3 is 12.0 Å².